The zero-order valence-corrected chi connectivity index (χ0v) is 15.7. The number of benzene rings is 3. The van der Waals surface area contributed by atoms with Crippen LogP contribution < -0.4 is 21.8 Å². The minimum atomic E-state index is -0.252. The van der Waals surface area contributed by atoms with Gasteiger partial charge >= 0.3 is 0 Å². The van der Waals surface area contributed by atoms with Gasteiger partial charge in [0.2, 0.25) is 11.6 Å². The Morgan fingerprint density at radius 3 is 2.32 bits per heavy atom. The first-order chi connectivity index (χ1) is 13.5. The predicted molar refractivity (Wildman–Crippen MR) is 111 cm³/mol. The molecule has 0 saturated carbocycles. The molecule has 0 bridgehead atoms. The van der Waals surface area contributed by atoms with Gasteiger partial charge in [0.1, 0.15) is 0 Å². The van der Waals surface area contributed by atoms with Gasteiger partial charge in [-0.3, -0.25) is 15.0 Å². The minimum absolute atomic E-state index is 0.137. The molecule has 0 aliphatic carbocycles. The molecular weight excluding hydrogens is 352 g/mol. The molecule has 3 rings (SSSR count). The number of carbonyl (C=O) groups excluding carboxylic acids is 2. The van der Waals surface area contributed by atoms with Crippen LogP contribution in [0.15, 0.2) is 60.7 Å². The second kappa shape index (κ2) is 8.35. The highest BCUT2D eigenvalue weighted by Gasteiger charge is 2.17. The first kappa shape index (κ1) is 19.1. The standard InChI is InChI=1S/C22H22N4O2/c1-14(27)25-10-11-26-22(28)18-8-9-20(23)19(13-18)21(24)17-7-6-15-4-2-3-5-16(15)12-17/h2-9,12-13,24H,10-11,23H2,1H3,(H,25,27)(H,26,28)/p+1. The van der Waals surface area contributed by atoms with E-state index in [-0.39, 0.29) is 11.8 Å². The van der Waals surface area contributed by atoms with Gasteiger partial charge < -0.3 is 16.4 Å². The van der Waals surface area contributed by atoms with Crippen LogP contribution in [0.5, 0.6) is 0 Å². The summed E-state index contributed by atoms with van der Waals surface area (Å²) in [7, 11) is 0. The number of amides is 2. The van der Waals surface area contributed by atoms with Crippen LogP contribution in [0.4, 0.5) is 5.69 Å². The molecule has 0 aliphatic rings. The van der Waals surface area contributed by atoms with Crippen molar-refractivity contribution >= 4 is 34.0 Å². The molecule has 0 atom stereocenters. The second-order valence-electron chi connectivity index (χ2n) is 6.52. The fourth-order valence-corrected chi connectivity index (χ4v) is 2.96. The summed E-state index contributed by atoms with van der Waals surface area (Å²) in [5.74, 6) is -0.389. The Bertz CT molecular complexity index is 1060. The summed E-state index contributed by atoms with van der Waals surface area (Å²) >= 11 is 0. The molecule has 2 amide bonds. The van der Waals surface area contributed by atoms with Crippen molar-refractivity contribution in [1.29, 1.82) is 0 Å². The topological polar surface area (TPSA) is 110 Å². The van der Waals surface area contributed by atoms with Gasteiger partial charge in [0.25, 0.3) is 5.91 Å². The molecule has 0 aromatic heterocycles. The second-order valence-corrected chi connectivity index (χ2v) is 6.52. The molecule has 0 spiro atoms. The SMILES string of the molecule is CC(=O)NCCNC(=O)c1ccc(N)c(C(=[NH2+])c2ccc3ccccc3c2)c1. The number of anilines is 1. The Labute approximate surface area is 163 Å². The van der Waals surface area contributed by atoms with E-state index in [1.807, 2.05) is 42.5 Å². The van der Waals surface area contributed by atoms with Crippen molar-refractivity contribution in [2.24, 2.45) is 0 Å². The predicted octanol–water partition coefficient (Wildman–Crippen LogP) is 0.884. The lowest BCUT2D eigenvalue weighted by Crippen LogP contribution is -2.41. The number of hydrogen-bond acceptors (Lipinski definition) is 3. The van der Waals surface area contributed by atoms with Crippen LogP contribution in [0.3, 0.4) is 0 Å². The van der Waals surface area contributed by atoms with Crippen molar-refractivity contribution in [3.05, 3.63) is 77.4 Å². The van der Waals surface area contributed by atoms with Crippen LogP contribution in [0, 0.1) is 0 Å². The van der Waals surface area contributed by atoms with Gasteiger partial charge in [-0.05, 0) is 41.1 Å². The number of hydrogen-bond donors (Lipinski definition) is 4. The molecule has 0 fully saturated rings. The van der Waals surface area contributed by atoms with Gasteiger partial charge in [0, 0.05) is 36.8 Å². The highest BCUT2D eigenvalue weighted by atomic mass is 16.2. The highest BCUT2D eigenvalue weighted by Crippen LogP contribution is 2.21. The first-order valence-electron chi connectivity index (χ1n) is 9.00. The van der Waals surface area contributed by atoms with Gasteiger partial charge in [-0.25, -0.2) is 0 Å². The van der Waals surface area contributed by atoms with E-state index in [1.165, 1.54) is 6.92 Å². The number of rotatable bonds is 6. The molecule has 6 N–H and O–H groups in total. The monoisotopic (exact) mass is 375 g/mol. The Kier molecular flexibility index (Phi) is 5.69. The number of carbonyl (C=O) groups is 2. The van der Waals surface area contributed by atoms with E-state index in [2.05, 4.69) is 10.6 Å². The number of nitrogens with one attached hydrogen (secondary N) is 2. The summed E-state index contributed by atoms with van der Waals surface area (Å²) in [6.07, 6.45) is 0. The lowest BCUT2D eigenvalue weighted by atomic mass is 9.96. The third kappa shape index (κ3) is 4.35. The molecular formula is C22H23N4O2+. The third-order valence-corrected chi connectivity index (χ3v) is 4.45. The van der Waals surface area contributed by atoms with E-state index < -0.39 is 0 Å². The lowest BCUT2D eigenvalue weighted by Gasteiger charge is -2.09. The van der Waals surface area contributed by atoms with Crippen molar-refractivity contribution in [2.75, 3.05) is 18.8 Å². The maximum absolute atomic E-state index is 12.4. The van der Waals surface area contributed by atoms with E-state index in [0.29, 0.717) is 35.6 Å². The molecule has 0 unspecified atom stereocenters. The minimum Gasteiger partial charge on any atom is -0.398 e. The number of nitrogens with two attached hydrogens (primary N) is 2. The van der Waals surface area contributed by atoms with Crippen LogP contribution in [0.1, 0.15) is 28.4 Å². The molecule has 3 aromatic carbocycles. The van der Waals surface area contributed by atoms with Crippen molar-refractivity contribution in [1.82, 2.24) is 10.6 Å². The molecule has 0 radical (unpaired) electrons. The molecule has 0 aliphatic heterocycles. The van der Waals surface area contributed by atoms with Crippen molar-refractivity contribution in [3.8, 4) is 0 Å². The Morgan fingerprint density at radius 1 is 0.893 bits per heavy atom. The van der Waals surface area contributed by atoms with Crippen LogP contribution in [0.2, 0.25) is 0 Å². The zero-order valence-electron chi connectivity index (χ0n) is 15.7. The molecule has 3 aromatic rings. The summed E-state index contributed by atoms with van der Waals surface area (Å²) in [5, 5.41) is 14.0. The van der Waals surface area contributed by atoms with E-state index in [9.17, 15) is 9.59 Å². The largest absolute Gasteiger partial charge is 0.398 e. The lowest BCUT2D eigenvalue weighted by molar-refractivity contribution is -0.119. The fourth-order valence-electron chi connectivity index (χ4n) is 2.96. The smallest absolute Gasteiger partial charge is 0.251 e. The van der Waals surface area contributed by atoms with Crippen molar-refractivity contribution in [2.45, 2.75) is 6.92 Å². The summed E-state index contributed by atoms with van der Waals surface area (Å²) in [4.78, 5) is 23.2. The van der Waals surface area contributed by atoms with Gasteiger partial charge in [0.15, 0.2) is 0 Å². The van der Waals surface area contributed by atoms with E-state index >= 15 is 0 Å². The maximum Gasteiger partial charge on any atom is 0.251 e. The quantitative estimate of drug-likeness (QED) is 0.292. The van der Waals surface area contributed by atoms with E-state index in [4.69, 9.17) is 11.1 Å². The van der Waals surface area contributed by atoms with Gasteiger partial charge in [0.05, 0.1) is 5.56 Å². The summed E-state index contributed by atoms with van der Waals surface area (Å²) in [5.41, 5.74) is 9.04. The number of fused-ring (bicyclic) bond motifs is 1. The molecule has 6 nitrogen and oxygen atoms in total. The van der Waals surface area contributed by atoms with Gasteiger partial charge in [-0.15, -0.1) is 0 Å². The summed E-state index contributed by atoms with van der Waals surface area (Å²) in [6.45, 7) is 2.13. The number of nitrogen functional groups attached to an aromatic ring is 1. The third-order valence-electron chi connectivity index (χ3n) is 4.45. The van der Waals surface area contributed by atoms with Crippen molar-refractivity contribution < 1.29 is 15.0 Å². The van der Waals surface area contributed by atoms with E-state index in [1.54, 1.807) is 18.2 Å². The fraction of sp³-hybridized carbons (Fsp3) is 0.136. The maximum atomic E-state index is 12.4. The summed E-state index contributed by atoms with van der Waals surface area (Å²) < 4.78 is 0. The molecule has 28 heavy (non-hydrogen) atoms. The first-order valence-corrected chi connectivity index (χ1v) is 9.00. The van der Waals surface area contributed by atoms with Crippen LogP contribution in [-0.2, 0) is 4.79 Å². The van der Waals surface area contributed by atoms with Crippen LogP contribution in [-0.4, -0.2) is 30.6 Å². The Balaban J connectivity index is 1.80. The molecule has 6 heteroatoms. The summed E-state index contributed by atoms with van der Waals surface area (Å²) in [6, 6.07) is 19.0. The van der Waals surface area contributed by atoms with Crippen LogP contribution >= 0.6 is 0 Å². The average molecular weight is 375 g/mol. The molecule has 0 heterocycles. The average Bonchev–Trinajstić information content (AvgIpc) is 2.70. The zero-order chi connectivity index (χ0) is 20.1. The van der Waals surface area contributed by atoms with Gasteiger partial charge in [-0.1, -0.05) is 30.3 Å². The Morgan fingerprint density at radius 2 is 1.57 bits per heavy atom. The highest BCUT2D eigenvalue weighted by molar-refractivity contribution is 6.14. The van der Waals surface area contributed by atoms with Crippen LogP contribution in [0.25, 0.3) is 10.8 Å². The van der Waals surface area contributed by atoms with E-state index in [0.717, 1.165) is 16.3 Å². The van der Waals surface area contributed by atoms with Crippen molar-refractivity contribution in [3.63, 3.8) is 0 Å². The molecule has 142 valence electrons. The molecule has 0 saturated heterocycles. The van der Waals surface area contributed by atoms with Gasteiger partial charge in [-0.2, -0.15) is 0 Å². The normalized spacial score (nSPS) is 10.5. The Hall–Kier alpha value is -3.67.